The number of nitrogens with zero attached hydrogens (tertiary/aromatic N) is 4. The van der Waals surface area contributed by atoms with Crippen LogP contribution in [0.25, 0.3) is 11.2 Å². The third-order valence-electron chi connectivity index (χ3n) is 4.76. The lowest BCUT2D eigenvalue weighted by Gasteiger charge is -2.25. The van der Waals surface area contributed by atoms with Crippen molar-refractivity contribution < 1.29 is 28.0 Å². The van der Waals surface area contributed by atoms with Crippen molar-refractivity contribution in [3.05, 3.63) is 16.8 Å². The van der Waals surface area contributed by atoms with Gasteiger partial charge in [-0.1, -0.05) is 11.6 Å². The Morgan fingerprint density at radius 1 is 1.27 bits per heavy atom. The first-order valence-electron chi connectivity index (χ1n) is 9.46. The van der Waals surface area contributed by atoms with E-state index in [9.17, 15) is 4.57 Å². The lowest BCUT2D eigenvalue weighted by molar-refractivity contribution is -0.201. The standard InChI is InChI=1S/C17H23Cl2N4O6P/c1-5-26-30(4,24)8-25-6-9-11-12(29-17(2,3)28-11)15(27-9)23-7-20-10-13(18)21-16(19)22-14(10)23/h7,9,11-12,15H,5-6,8H2,1-4H3/t9-,11-,12-,15-,30?/m1/s1. The van der Waals surface area contributed by atoms with Crippen LogP contribution in [0.15, 0.2) is 6.33 Å². The maximum Gasteiger partial charge on any atom is 0.225 e. The van der Waals surface area contributed by atoms with E-state index < -0.39 is 37.7 Å². The monoisotopic (exact) mass is 480 g/mol. The first-order chi connectivity index (χ1) is 14.1. The van der Waals surface area contributed by atoms with E-state index in [0.29, 0.717) is 17.8 Å². The molecule has 1 unspecified atom stereocenters. The molecule has 2 fully saturated rings. The minimum absolute atomic E-state index is 0.00206. The summed E-state index contributed by atoms with van der Waals surface area (Å²) in [6.45, 7) is 7.51. The fourth-order valence-corrected chi connectivity index (χ4v) is 5.18. The van der Waals surface area contributed by atoms with Crippen LogP contribution in [-0.2, 0) is 28.0 Å². The van der Waals surface area contributed by atoms with Gasteiger partial charge >= 0.3 is 0 Å². The van der Waals surface area contributed by atoms with E-state index in [1.807, 2.05) is 13.8 Å². The van der Waals surface area contributed by atoms with E-state index in [4.69, 9.17) is 46.7 Å². The van der Waals surface area contributed by atoms with Crippen molar-refractivity contribution in [1.29, 1.82) is 0 Å². The van der Waals surface area contributed by atoms with Crippen molar-refractivity contribution in [2.24, 2.45) is 0 Å². The summed E-state index contributed by atoms with van der Waals surface area (Å²) in [6, 6.07) is 0. The average Bonchev–Trinajstić information content (AvgIpc) is 3.26. The fourth-order valence-electron chi connectivity index (χ4n) is 3.71. The molecule has 4 heterocycles. The highest BCUT2D eigenvalue weighted by molar-refractivity contribution is 7.57. The van der Waals surface area contributed by atoms with Crippen molar-refractivity contribution >= 4 is 41.7 Å². The van der Waals surface area contributed by atoms with E-state index in [2.05, 4.69) is 15.0 Å². The van der Waals surface area contributed by atoms with Gasteiger partial charge in [0.2, 0.25) is 12.7 Å². The molecule has 0 aromatic carbocycles. The first-order valence-corrected chi connectivity index (χ1v) is 12.5. The van der Waals surface area contributed by atoms with Gasteiger partial charge in [-0.15, -0.1) is 0 Å². The molecule has 5 atom stereocenters. The molecule has 13 heteroatoms. The molecule has 2 aliphatic rings. The molecular weight excluding hydrogens is 458 g/mol. The Morgan fingerprint density at radius 3 is 2.73 bits per heavy atom. The zero-order chi connectivity index (χ0) is 21.7. The SMILES string of the molecule is CCOP(C)(=O)COC[C@H]1O[C@@H](n2cnc3c(Cl)nc(Cl)nc32)[C@@H]2OC(C)(C)O[C@@H]21. The molecule has 0 amide bonds. The van der Waals surface area contributed by atoms with E-state index in [0.717, 1.165) is 0 Å². The highest BCUT2D eigenvalue weighted by Crippen LogP contribution is 2.45. The van der Waals surface area contributed by atoms with Crippen LogP contribution in [0, 0.1) is 0 Å². The Hall–Kier alpha value is -0.840. The van der Waals surface area contributed by atoms with Crippen molar-refractivity contribution in [3.8, 4) is 0 Å². The lowest BCUT2D eigenvalue weighted by atomic mass is 10.1. The van der Waals surface area contributed by atoms with Crippen molar-refractivity contribution in [2.45, 2.75) is 51.1 Å². The summed E-state index contributed by atoms with van der Waals surface area (Å²) in [5.41, 5.74) is 0.829. The quantitative estimate of drug-likeness (QED) is 0.334. The molecule has 0 spiro atoms. The van der Waals surface area contributed by atoms with Crippen LogP contribution >= 0.6 is 30.6 Å². The Balaban J connectivity index is 1.57. The number of halogens is 2. The number of aromatic nitrogens is 4. The van der Waals surface area contributed by atoms with Gasteiger partial charge in [0.25, 0.3) is 0 Å². The minimum Gasteiger partial charge on any atom is -0.369 e. The number of imidazole rings is 1. The largest absolute Gasteiger partial charge is 0.369 e. The van der Waals surface area contributed by atoms with Crippen LogP contribution in [0.1, 0.15) is 27.0 Å². The third-order valence-corrected chi connectivity index (χ3v) is 6.65. The van der Waals surface area contributed by atoms with E-state index in [-0.39, 0.29) is 23.4 Å². The molecule has 2 aliphatic heterocycles. The third kappa shape index (κ3) is 4.38. The maximum atomic E-state index is 12.3. The second kappa shape index (κ2) is 8.26. The predicted octanol–water partition coefficient (Wildman–Crippen LogP) is 3.47. The fraction of sp³-hybridized carbons (Fsp3) is 0.706. The number of rotatable bonds is 7. The Kier molecular flexibility index (Phi) is 6.15. The Morgan fingerprint density at radius 2 is 2.00 bits per heavy atom. The zero-order valence-electron chi connectivity index (χ0n) is 16.9. The smallest absolute Gasteiger partial charge is 0.225 e. The molecule has 2 aromatic heterocycles. The molecule has 4 rings (SSSR count). The molecule has 166 valence electrons. The molecule has 0 radical (unpaired) electrons. The average molecular weight is 481 g/mol. The van der Waals surface area contributed by atoms with Crippen molar-refractivity contribution in [2.75, 3.05) is 26.2 Å². The van der Waals surface area contributed by atoms with Gasteiger partial charge in [-0.25, -0.2) is 9.97 Å². The van der Waals surface area contributed by atoms with Crippen LogP contribution in [-0.4, -0.2) is 69.8 Å². The summed E-state index contributed by atoms with van der Waals surface area (Å²) in [7, 11) is -2.82. The van der Waals surface area contributed by atoms with Crippen molar-refractivity contribution in [1.82, 2.24) is 19.5 Å². The van der Waals surface area contributed by atoms with Gasteiger partial charge < -0.3 is 23.5 Å². The molecule has 2 saturated heterocycles. The summed E-state index contributed by atoms with van der Waals surface area (Å²) >= 11 is 12.1. The first kappa shape index (κ1) is 22.4. The van der Waals surface area contributed by atoms with Crippen LogP contribution in [0.5, 0.6) is 0 Å². The van der Waals surface area contributed by atoms with Gasteiger partial charge in [0.15, 0.2) is 22.8 Å². The van der Waals surface area contributed by atoms with Gasteiger partial charge in [0, 0.05) is 6.66 Å². The number of ether oxygens (including phenoxy) is 4. The topological polar surface area (TPSA) is 107 Å². The van der Waals surface area contributed by atoms with Gasteiger partial charge in [-0.3, -0.25) is 9.13 Å². The maximum absolute atomic E-state index is 12.3. The van der Waals surface area contributed by atoms with Crippen LogP contribution < -0.4 is 0 Å². The van der Waals surface area contributed by atoms with Gasteiger partial charge in [0.1, 0.15) is 30.2 Å². The number of fused-ring (bicyclic) bond motifs is 2. The lowest BCUT2D eigenvalue weighted by Crippen LogP contribution is -2.33. The molecule has 0 bridgehead atoms. The van der Waals surface area contributed by atoms with Crippen LogP contribution in [0.2, 0.25) is 10.4 Å². The Labute approximate surface area is 183 Å². The zero-order valence-corrected chi connectivity index (χ0v) is 19.4. The van der Waals surface area contributed by atoms with Crippen LogP contribution in [0.3, 0.4) is 0 Å². The highest BCUT2D eigenvalue weighted by atomic mass is 35.5. The molecule has 0 N–H and O–H groups in total. The normalized spacial score (nSPS) is 29.9. The van der Waals surface area contributed by atoms with E-state index in [1.165, 1.54) is 0 Å². The summed E-state index contributed by atoms with van der Waals surface area (Å²) in [5, 5.41) is 0.152. The van der Waals surface area contributed by atoms with E-state index >= 15 is 0 Å². The number of hydrogen-bond acceptors (Lipinski definition) is 9. The van der Waals surface area contributed by atoms with Gasteiger partial charge in [0.05, 0.1) is 19.5 Å². The van der Waals surface area contributed by atoms with Crippen LogP contribution in [0.4, 0.5) is 0 Å². The molecule has 0 saturated carbocycles. The minimum atomic E-state index is -2.82. The van der Waals surface area contributed by atoms with Crippen molar-refractivity contribution in [3.63, 3.8) is 0 Å². The molecular formula is C17H23Cl2N4O6P. The van der Waals surface area contributed by atoms with Gasteiger partial charge in [-0.2, -0.15) is 4.98 Å². The summed E-state index contributed by atoms with van der Waals surface area (Å²) in [5.74, 6) is -0.804. The molecule has 30 heavy (non-hydrogen) atoms. The Bertz CT molecular complexity index is 989. The summed E-state index contributed by atoms with van der Waals surface area (Å²) in [4.78, 5) is 12.4. The second-order valence-electron chi connectivity index (χ2n) is 7.67. The summed E-state index contributed by atoms with van der Waals surface area (Å²) in [6.07, 6.45) is -0.375. The molecule has 10 nitrogen and oxygen atoms in total. The molecule has 0 aliphatic carbocycles. The predicted molar refractivity (Wildman–Crippen MR) is 109 cm³/mol. The number of hydrogen-bond donors (Lipinski definition) is 0. The van der Waals surface area contributed by atoms with E-state index in [1.54, 1.807) is 24.5 Å². The second-order valence-corrected chi connectivity index (χ2v) is 10.9. The highest BCUT2D eigenvalue weighted by Gasteiger charge is 2.56. The summed E-state index contributed by atoms with van der Waals surface area (Å²) < 4.78 is 43.2. The van der Waals surface area contributed by atoms with Gasteiger partial charge in [-0.05, 0) is 32.4 Å². The molecule has 2 aromatic rings.